The first-order chi connectivity index (χ1) is 11.4. The first-order valence-corrected chi connectivity index (χ1v) is 8.23. The topological polar surface area (TPSA) is 49.4 Å². The van der Waals surface area contributed by atoms with E-state index >= 15 is 0 Å². The second-order valence-electron chi connectivity index (χ2n) is 6.29. The quantitative estimate of drug-likeness (QED) is 0.911. The number of rotatable bonds is 3. The number of anilines is 1. The predicted molar refractivity (Wildman–Crippen MR) is 90.9 cm³/mol. The molecule has 2 aliphatic rings. The Kier molecular flexibility index (Phi) is 3.89. The fraction of sp³-hybridized carbons (Fsp3) is 0.389. The number of hydrogen-bond donors (Lipinski definition) is 2. The maximum atomic E-state index is 5.85. The molecule has 120 valence electrons. The number of ether oxygens (including phenoxy) is 1. The maximum Gasteiger partial charge on any atom is 0.130 e. The van der Waals surface area contributed by atoms with Crippen LogP contribution in [0, 0.1) is 0 Å². The molecule has 2 aliphatic heterocycles. The molecule has 23 heavy (non-hydrogen) atoms. The van der Waals surface area contributed by atoms with Gasteiger partial charge in [-0.3, -0.25) is 4.98 Å². The highest BCUT2D eigenvalue weighted by Gasteiger charge is 2.41. The monoisotopic (exact) mass is 310 g/mol. The third-order valence-corrected chi connectivity index (χ3v) is 4.79. The molecule has 2 saturated heterocycles. The molecule has 0 amide bonds. The zero-order chi connectivity index (χ0) is 15.5. The lowest BCUT2D eigenvalue weighted by molar-refractivity contribution is 0.317. The van der Waals surface area contributed by atoms with Crippen LogP contribution < -0.4 is 20.3 Å². The van der Waals surface area contributed by atoms with Crippen LogP contribution in [0.4, 0.5) is 5.69 Å². The van der Waals surface area contributed by atoms with Crippen molar-refractivity contribution in [2.24, 2.45) is 0 Å². The van der Waals surface area contributed by atoms with Crippen molar-refractivity contribution in [2.45, 2.75) is 18.4 Å². The van der Waals surface area contributed by atoms with Gasteiger partial charge in [0.15, 0.2) is 0 Å². The lowest BCUT2D eigenvalue weighted by Crippen LogP contribution is -2.62. The van der Waals surface area contributed by atoms with Crippen LogP contribution in [0.2, 0.25) is 0 Å². The van der Waals surface area contributed by atoms with E-state index in [4.69, 9.17) is 4.74 Å². The summed E-state index contributed by atoms with van der Waals surface area (Å²) < 4.78 is 5.85. The third-order valence-electron chi connectivity index (χ3n) is 4.79. The summed E-state index contributed by atoms with van der Waals surface area (Å²) in [4.78, 5) is 6.55. The van der Waals surface area contributed by atoms with Gasteiger partial charge in [0.1, 0.15) is 11.5 Å². The highest BCUT2D eigenvalue weighted by Crippen LogP contribution is 2.35. The molecule has 4 rings (SSSR count). The first kappa shape index (κ1) is 14.5. The molecule has 1 aromatic heterocycles. The zero-order valence-electron chi connectivity index (χ0n) is 13.2. The van der Waals surface area contributed by atoms with E-state index in [2.05, 4.69) is 32.7 Å². The first-order valence-electron chi connectivity index (χ1n) is 8.23. The van der Waals surface area contributed by atoms with Gasteiger partial charge in [-0.05, 0) is 49.2 Å². The molecule has 0 atom stereocenters. The number of hydrogen-bond acceptors (Lipinski definition) is 5. The van der Waals surface area contributed by atoms with Crippen molar-refractivity contribution in [3.63, 3.8) is 0 Å². The van der Waals surface area contributed by atoms with Gasteiger partial charge in [0.2, 0.25) is 0 Å². The van der Waals surface area contributed by atoms with Gasteiger partial charge < -0.3 is 20.3 Å². The van der Waals surface area contributed by atoms with Crippen LogP contribution >= 0.6 is 0 Å². The van der Waals surface area contributed by atoms with E-state index < -0.39 is 0 Å². The van der Waals surface area contributed by atoms with Crippen LogP contribution in [-0.4, -0.2) is 36.8 Å². The molecule has 0 saturated carbocycles. The number of nitrogens with one attached hydrogen (secondary N) is 2. The largest absolute Gasteiger partial charge is 0.457 e. The minimum Gasteiger partial charge on any atom is -0.457 e. The van der Waals surface area contributed by atoms with E-state index in [9.17, 15) is 0 Å². The van der Waals surface area contributed by atoms with Crippen molar-refractivity contribution >= 4 is 5.69 Å². The van der Waals surface area contributed by atoms with E-state index in [-0.39, 0.29) is 5.54 Å². The summed E-state index contributed by atoms with van der Waals surface area (Å²) in [6.07, 6.45) is 5.96. The van der Waals surface area contributed by atoms with Gasteiger partial charge >= 0.3 is 0 Å². The molecule has 3 heterocycles. The van der Waals surface area contributed by atoms with Gasteiger partial charge in [-0.1, -0.05) is 0 Å². The van der Waals surface area contributed by atoms with Crippen LogP contribution in [0.25, 0.3) is 0 Å². The highest BCUT2D eigenvalue weighted by molar-refractivity contribution is 5.53. The molecule has 1 spiro atoms. The van der Waals surface area contributed by atoms with Crippen molar-refractivity contribution < 1.29 is 4.74 Å². The Morgan fingerprint density at radius 3 is 2.39 bits per heavy atom. The Morgan fingerprint density at radius 2 is 1.65 bits per heavy atom. The lowest BCUT2D eigenvalue weighted by Gasteiger charge is -2.43. The molecule has 0 bridgehead atoms. The zero-order valence-corrected chi connectivity index (χ0v) is 13.2. The van der Waals surface area contributed by atoms with E-state index in [1.165, 1.54) is 18.5 Å². The Hall–Kier alpha value is -2.11. The van der Waals surface area contributed by atoms with E-state index in [0.717, 1.165) is 37.8 Å². The summed E-state index contributed by atoms with van der Waals surface area (Å²) in [5, 5.41) is 6.96. The lowest BCUT2D eigenvalue weighted by atomic mass is 9.94. The van der Waals surface area contributed by atoms with Crippen molar-refractivity contribution in [3.05, 3.63) is 48.8 Å². The van der Waals surface area contributed by atoms with E-state index in [1.807, 2.05) is 24.3 Å². The fourth-order valence-electron chi connectivity index (χ4n) is 3.69. The SMILES string of the molecule is c1cc(Oc2ccc(N3CCCC34CNCNC4)cc2)ccn1. The van der Waals surface area contributed by atoms with Crippen LogP contribution in [-0.2, 0) is 0 Å². The molecule has 5 heteroatoms. The second-order valence-corrected chi connectivity index (χ2v) is 6.29. The number of aromatic nitrogens is 1. The maximum absolute atomic E-state index is 5.85. The van der Waals surface area contributed by atoms with Crippen LogP contribution in [0.5, 0.6) is 11.5 Å². The molecule has 5 nitrogen and oxygen atoms in total. The van der Waals surface area contributed by atoms with Crippen LogP contribution in [0.1, 0.15) is 12.8 Å². The molecule has 0 aliphatic carbocycles. The predicted octanol–water partition coefficient (Wildman–Crippen LogP) is 2.36. The van der Waals surface area contributed by atoms with Crippen molar-refractivity contribution in [2.75, 3.05) is 31.2 Å². The summed E-state index contributed by atoms with van der Waals surface area (Å²) in [6.45, 7) is 4.13. The Balaban J connectivity index is 1.51. The summed E-state index contributed by atoms with van der Waals surface area (Å²) >= 11 is 0. The molecular weight excluding hydrogens is 288 g/mol. The van der Waals surface area contributed by atoms with Gasteiger partial charge in [0.05, 0.1) is 5.54 Å². The molecule has 2 fully saturated rings. The average Bonchev–Trinajstić information content (AvgIpc) is 3.00. The molecule has 2 N–H and O–H groups in total. The van der Waals surface area contributed by atoms with E-state index in [1.54, 1.807) is 12.4 Å². The molecule has 2 aromatic rings. The average molecular weight is 310 g/mol. The highest BCUT2D eigenvalue weighted by atomic mass is 16.5. The van der Waals surface area contributed by atoms with Gasteiger partial charge in [-0.2, -0.15) is 0 Å². The van der Waals surface area contributed by atoms with Crippen molar-refractivity contribution in [1.29, 1.82) is 0 Å². The van der Waals surface area contributed by atoms with Crippen molar-refractivity contribution in [3.8, 4) is 11.5 Å². The molecule has 0 unspecified atom stereocenters. The molecular formula is C18H22N4O. The Bertz CT molecular complexity index is 638. The summed E-state index contributed by atoms with van der Waals surface area (Å²) in [7, 11) is 0. The van der Waals surface area contributed by atoms with Crippen LogP contribution in [0.3, 0.4) is 0 Å². The normalized spacial score (nSPS) is 19.9. The smallest absolute Gasteiger partial charge is 0.130 e. The fourth-order valence-corrected chi connectivity index (χ4v) is 3.69. The summed E-state index contributed by atoms with van der Waals surface area (Å²) in [5.41, 5.74) is 1.49. The Labute approximate surface area is 136 Å². The molecule has 1 aromatic carbocycles. The second kappa shape index (κ2) is 6.18. The van der Waals surface area contributed by atoms with Gasteiger partial charge in [-0.25, -0.2) is 0 Å². The van der Waals surface area contributed by atoms with Gasteiger partial charge in [0, 0.05) is 44.4 Å². The standard InChI is InChI=1S/C18H22N4O/c1-8-18(12-20-14-21-13-18)22(11-1)15-2-4-16(5-3-15)23-17-6-9-19-10-7-17/h2-7,9-10,20-21H,1,8,11-14H2. The minimum atomic E-state index is 0.214. The molecule has 0 radical (unpaired) electrons. The third kappa shape index (κ3) is 2.90. The van der Waals surface area contributed by atoms with Crippen molar-refractivity contribution in [1.82, 2.24) is 15.6 Å². The van der Waals surface area contributed by atoms with Gasteiger partial charge in [-0.15, -0.1) is 0 Å². The summed E-state index contributed by atoms with van der Waals surface area (Å²) in [5.74, 6) is 1.67. The minimum absolute atomic E-state index is 0.214. The van der Waals surface area contributed by atoms with E-state index in [0.29, 0.717) is 0 Å². The van der Waals surface area contributed by atoms with Gasteiger partial charge in [0.25, 0.3) is 0 Å². The van der Waals surface area contributed by atoms with Crippen LogP contribution in [0.15, 0.2) is 48.8 Å². The number of benzene rings is 1. The Morgan fingerprint density at radius 1 is 0.957 bits per heavy atom. The summed E-state index contributed by atoms with van der Waals surface area (Å²) in [6, 6.07) is 12.2. The number of nitrogens with zero attached hydrogens (tertiary/aromatic N) is 2. The number of pyridine rings is 1.